The van der Waals surface area contributed by atoms with Crippen molar-refractivity contribution < 1.29 is 10.0 Å². The lowest BCUT2D eigenvalue weighted by Crippen LogP contribution is -2.37. The zero-order chi connectivity index (χ0) is 14.8. The van der Waals surface area contributed by atoms with Crippen LogP contribution in [-0.4, -0.2) is 27.2 Å². The number of nitrogens with zero attached hydrogens (tertiary/aromatic N) is 2. The number of aryl methyl sites for hydroxylation is 1. The molecule has 1 fully saturated rings. The molecule has 20 heavy (non-hydrogen) atoms. The Balaban J connectivity index is 2.03. The maximum Gasteiger partial charge on any atom is 0.278 e. The van der Waals surface area contributed by atoms with Crippen molar-refractivity contribution in [1.29, 1.82) is 0 Å². The minimum Gasteiger partial charge on any atom is -0.389 e. The van der Waals surface area contributed by atoms with Gasteiger partial charge in [-0.2, -0.15) is 0 Å². The summed E-state index contributed by atoms with van der Waals surface area (Å²) in [5, 5.41) is 24.5. The molecule has 0 atom stereocenters. The molecule has 1 saturated carbocycles. The van der Waals surface area contributed by atoms with Crippen LogP contribution in [0.4, 0.5) is 5.69 Å². The summed E-state index contributed by atoms with van der Waals surface area (Å²) >= 11 is 0. The van der Waals surface area contributed by atoms with Crippen molar-refractivity contribution in [3.05, 3.63) is 33.1 Å². The van der Waals surface area contributed by atoms with Crippen LogP contribution in [0.25, 0.3) is 0 Å². The van der Waals surface area contributed by atoms with Gasteiger partial charge in [0.25, 0.3) is 5.69 Å². The molecule has 1 aromatic heterocycles. The number of rotatable bonds is 5. The van der Waals surface area contributed by atoms with Crippen molar-refractivity contribution in [3.63, 3.8) is 0 Å². The van der Waals surface area contributed by atoms with Gasteiger partial charge in [-0.05, 0) is 26.7 Å². The first-order chi connectivity index (χ1) is 9.43. The van der Waals surface area contributed by atoms with Crippen molar-refractivity contribution in [2.24, 2.45) is 0 Å². The molecule has 0 saturated heterocycles. The molecule has 0 spiro atoms. The summed E-state index contributed by atoms with van der Waals surface area (Å²) in [7, 11) is 0. The molecule has 2 N–H and O–H groups in total. The Kier molecular flexibility index (Phi) is 4.35. The van der Waals surface area contributed by atoms with E-state index in [1.54, 1.807) is 13.8 Å². The third-order valence-electron chi connectivity index (χ3n) is 4.04. The Morgan fingerprint density at radius 2 is 2.10 bits per heavy atom. The monoisotopic (exact) mass is 279 g/mol. The highest BCUT2D eigenvalue weighted by molar-refractivity contribution is 5.47. The van der Waals surface area contributed by atoms with Crippen LogP contribution >= 0.6 is 0 Å². The zero-order valence-corrected chi connectivity index (χ0v) is 12.0. The molecular formula is C14H21N3O3. The van der Waals surface area contributed by atoms with Gasteiger partial charge in [0.05, 0.1) is 16.2 Å². The second-order valence-corrected chi connectivity index (χ2v) is 5.65. The molecule has 0 radical (unpaired) electrons. The summed E-state index contributed by atoms with van der Waals surface area (Å²) in [5.74, 6) is 0. The summed E-state index contributed by atoms with van der Waals surface area (Å²) in [6.45, 7) is 4.36. The number of hydrogen-bond donors (Lipinski definition) is 2. The fraction of sp³-hybridized carbons (Fsp3) is 0.643. The number of aromatic nitrogens is 1. The van der Waals surface area contributed by atoms with Crippen LogP contribution in [0.1, 0.15) is 42.5 Å². The van der Waals surface area contributed by atoms with Gasteiger partial charge in [-0.25, -0.2) is 0 Å². The Morgan fingerprint density at radius 1 is 1.45 bits per heavy atom. The predicted molar refractivity (Wildman–Crippen MR) is 75.5 cm³/mol. The number of nitrogens with one attached hydrogen (secondary N) is 1. The van der Waals surface area contributed by atoms with Gasteiger partial charge in [-0.3, -0.25) is 15.1 Å². The van der Waals surface area contributed by atoms with Gasteiger partial charge in [-0.1, -0.05) is 12.8 Å². The van der Waals surface area contributed by atoms with Crippen LogP contribution in [0.5, 0.6) is 0 Å². The van der Waals surface area contributed by atoms with Crippen molar-refractivity contribution in [2.45, 2.75) is 51.7 Å². The second-order valence-electron chi connectivity index (χ2n) is 5.65. The standard InChI is InChI=1S/C14H21N3O3/c1-10-7-16-12(11(2)13(10)17(19)20)8-15-9-14(18)5-3-4-6-14/h7,15,18H,3-6,8-9H2,1-2H3. The Morgan fingerprint density at radius 3 is 2.70 bits per heavy atom. The summed E-state index contributed by atoms with van der Waals surface area (Å²) in [6, 6.07) is 0. The number of aliphatic hydroxyl groups is 1. The predicted octanol–water partition coefficient (Wildman–Crippen LogP) is 2.00. The third kappa shape index (κ3) is 3.13. The van der Waals surface area contributed by atoms with Gasteiger partial charge in [0.1, 0.15) is 0 Å². The fourth-order valence-electron chi connectivity index (χ4n) is 2.85. The maximum absolute atomic E-state index is 11.0. The van der Waals surface area contributed by atoms with Gasteiger partial charge in [0, 0.05) is 30.4 Å². The van der Waals surface area contributed by atoms with Gasteiger partial charge in [0.2, 0.25) is 0 Å². The van der Waals surface area contributed by atoms with Gasteiger partial charge >= 0.3 is 0 Å². The highest BCUT2D eigenvalue weighted by atomic mass is 16.6. The normalized spacial score (nSPS) is 17.4. The third-order valence-corrected chi connectivity index (χ3v) is 4.04. The summed E-state index contributed by atoms with van der Waals surface area (Å²) in [4.78, 5) is 14.9. The van der Waals surface area contributed by atoms with Crippen LogP contribution in [-0.2, 0) is 6.54 Å². The van der Waals surface area contributed by atoms with Crippen LogP contribution < -0.4 is 5.32 Å². The minimum atomic E-state index is -0.621. The number of pyridine rings is 1. The van der Waals surface area contributed by atoms with Crippen molar-refractivity contribution >= 4 is 5.69 Å². The van der Waals surface area contributed by atoms with Gasteiger partial charge < -0.3 is 10.4 Å². The molecule has 1 aliphatic rings. The van der Waals surface area contributed by atoms with E-state index in [1.165, 1.54) is 6.20 Å². The Hall–Kier alpha value is -1.53. The van der Waals surface area contributed by atoms with Crippen molar-refractivity contribution in [1.82, 2.24) is 10.3 Å². The van der Waals surface area contributed by atoms with E-state index >= 15 is 0 Å². The minimum absolute atomic E-state index is 0.136. The van der Waals surface area contributed by atoms with Crippen LogP contribution in [0.2, 0.25) is 0 Å². The van der Waals surface area contributed by atoms with E-state index in [9.17, 15) is 15.2 Å². The molecule has 0 aromatic carbocycles. The van der Waals surface area contributed by atoms with Gasteiger partial charge in [-0.15, -0.1) is 0 Å². The van der Waals surface area contributed by atoms with E-state index in [0.717, 1.165) is 25.7 Å². The summed E-state index contributed by atoms with van der Waals surface area (Å²) < 4.78 is 0. The number of nitro groups is 1. The van der Waals surface area contributed by atoms with E-state index < -0.39 is 5.60 Å². The van der Waals surface area contributed by atoms with E-state index in [2.05, 4.69) is 10.3 Å². The topological polar surface area (TPSA) is 88.3 Å². The molecule has 0 aliphatic heterocycles. The van der Waals surface area contributed by atoms with Crippen LogP contribution in [0.15, 0.2) is 6.20 Å². The highest BCUT2D eigenvalue weighted by Crippen LogP contribution is 2.29. The average molecular weight is 279 g/mol. The summed E-state index contributed by atoms with van der Waals surface area (Å²) in [5.41, 5.74) is 1.36. The molecule has 1 aromatic rings. The first kappa shape index (κ1) is 14.9. The van der Waals surface area contributed by atoms with Crippen LogP contribution in [0.3, 0.4) is 0 Å². The Bertz CT molecular complexity index is 511. The lowest BCUT2D eigenvalue weighted by atomic mass is 10.0. The van der Waals surface area contributed by atoms with Crippen LogP contribution in [0, 0.1) is 24.0 Å². The van der Waals surface area contributed by atoms with E-state index in [1.807, 2.05) is 0 Å². The molecule has 2 rings (SSSR count). The molecular weight excluding hydrogens is 258 g/mol. The molecule has 0 amide bonds. The molecule has 0 unspecified atom stereocenters. The highest BCUT2D eigenvalue weighted by Gasteiger charge is 2.30. The van der Waals surface area contributed by atoms with Crippen molar-refractivity contribution in [3.8, 4) is 0 Å². The number of hydrogen-bond acceptors (Lipinski definition) is 5. The summed E-state index contributed by atoms with van der Waals surface area (Å²) in [6.07, 6.45) is 5.30. The van der Waals surface area contributed by atoms with Crippen molar-refractivity contribution in [2.75, 3.05) is 6.54 Å². The fourth-order valence-corrected chi connectivity index (χ4v) is 2.85. The first-order valence-corrected chi connectivity index (χ1v) is 6.95. The van der Waals surface area contributed by atoms with E-state index in [4.69, 9.17) is 0 Å². The smallest absolute Gasteiger partial charge is 0.278 e. The lowest BCUT2D eigenvalue weighted by molar-refractivity contribution is -0.386. The van der Waals surface area contributed by atoms with Gasteiger partial charge in [0.15, 0.2) is 0 Å². The van der Waals surface area contributed by atoms with E-state index in [-0.39, 0.29) is 10.6 Å². The molecule has 6 heteroatoms. The Labute approximate surface area is 118 Å². The molecule has 1 aliphatic carbocycles. The molecule has 0 bridgehead atoms. The van der Waals surface area contributed by atoms with E-state index in [0.29, 0.717) is 29.9 Å². The largest absolute Gasteiger partial charge is 0.389 e. The molecule has 110 valence electrons. The average Bonchev–Trinajstić information content (AvgIpc) is 2.79. The lowest BCUT2D eigenvalue weighted by Gasteiger charge is -2.22. The second kappa shape index (κ2) is 5.85. The first-order valence-electron chi connectivity index (χ1n) is 6.95. The zero-order valence-electron chi connectivity index (χ0n) is 12.0. The maximum atomic E-state index is 11.0. The molecule has 6 nitrogen and oxygen atoms in total. The SMILES string of the molecule is Cc1cnc(CNCC2(O)CCCC2)c(C)c1[N+](=O)[O-]. The molecule has 1 heterocycles. The quantitative estimate of drug-likeness (QED) is 0.635.